The Kier molecular flexibility index (Phi) is 6.08. The molecule has 1 aliphatic heterocycles. The van der Waals surface area contributed by atoms with E-state index in [-0.39, 0.29) is 18.5 Å². The smallest absolute Gasteiger partial charge is 0.313 e. The summed E-state index contributed by atoms with van der Waals surface area (Å²) in [7, 11) is 0. The lowest BCUT2D eigenvalue weighted by Crippen LogP contribution is -2.44. The average Bonchev–Trinajstić information content (AvgIpc) is 2.75. The first-order valence-electron chi connectivity index (χ1n) is 6.75. The summed E-state index contributed by atoms with van der Waals surface area (Å²) in [4.78, 5) is 1.77. The van der Waals surface area contributed by atoms with E-state index in [0.29, 0.717) is 13.1 Å². The van der Waals surface area contributed by atoms with Gasteiger partial charge >= 0.3 is 6.18 Å². The molecule has 19 heavy (non-hydrogen) atoms. The Morgan fingerprint density at radius 1 is 1.37 bits per heavy atom. The Morgan fingerprint density at radius 3 is 2.47 bits per heavy atom. The number of hydrogen-bond donors (Lipinski definition) is 1. The molecule has 3 nitrogen and oxygen atoms in total. The molecule has 1 heterocycles. The van der Waals surface area contributed by atoms with Crippen LogP contribution in [-0.4, -0.2) is 43.3 Å². The fourth-order valence-electron chi connectivity index (χ4n) is 2.44. The lowest BCUT2D eigenvalue weighted by molar-refractivity contribution is -0.163. The molecule has 0 aromatic heterocycles. The topological polar surface area (TPSA) is 39.1 Å². The van der Waals surface area contributed by atoms with E-state index < -0.39 is 12.1 Å². The Hall–Kier alpha value is -0.800. The van der Waals surface area contributed by atoms with E-state index in [9.17, 15) is 13.2 Å². The highest BCUT2D eigenvalue weighted by Crippen LogP contribution is 2.26. The lowest BCUT2D eigenvalue weighted by atomic mass is 10.1. The SMILES string of the molecule is CC(C)CN(CC1CCCN1)CC(C#N)C(F)(F)F. The summed E-state index contributed by atoms with van der Waals surface area (Å²) in [6.45, 7) is 5.84. The van der Waals surface area contributed by atoms with Crippen LogP contribution in [0.5, 0.6) is 0 Å². The van der Waals surface area contributed by atoms with Crippen molar-refractivity contribution in [3.05, 3.63) is 0 Å². The van der Waals surface area contributed by atoms with Gasteiger partial charge in [0.1, 0.15) is 0 Å². The maximum absolute atomic E-state index is 12.7. The third-order valence-electron chi connectivity index (χ3n) is 3.26. The van der Waals surface area contributed by atoms with Crippen LogP contribution in [0.3, 0.4) is 0 Å². The second-order valence-electron chi connectivity index (χ2n) is 5.63. The van der Waals surface area contributed by atoms with Crippen LogP contribution in [0.25, 0.3) is 0 Å². The Bertz CT molecular complexity index is 303. The Labute approximate surface area is 112 Å². The van der Waals surface area contributed by atoms with E-state index in [2.05, 4.69) is 5.32 Å². The predicted molar refractivity (Wildman–Crippen MR) is 67.5 cm³/mol. The fraction of sp³-hybridized carbons (Fsp3) is 0.923. The van der Waals surface area contributed by atoms with Gasteiger partial charge in [0.05, 0.1) is 6.07 Å². The molecule has 1 saturated heterocycles. The molecule has 0 saturated carbocycles. The van der Waals surface area contributed by atoms with Crippen molar-refractivity contribution in [1.82, 2.24) is 10.2 Å². The van der Waals surface area contributed by atoms with Gasteiger partial charge in [-0.3, -0.25) is 4.90 Å². The number of nitrogens with one attached hydrogen (secondary N) is 1. The van der Waals surface area contributed by atoms with Gasteiger partial charge in [-0.25, -0.2) is 0 Å². The van der Waals surface area contributed by atoms with E-state index in [1.165, 1.54) is 6.07 Å². The number of halogens is 3. The number of alkyl halides is 3. The molecule has 2 unspecified atom stereocenters. The number of nitriles is 1. The summed E-state index contributed by atoms with van der Waals surface area (Å²) in [5, 5.41) is 12.0. The van der Waals surface area contributed by atoms with E-state index >= 15 is 0 Å². The zero-order chi connectivity index (χ0) is 14.5. The zero-order valence-corrected chi connectivity index (χ0v) is 11.5. The zero-order valence-electron chi connectivity index (χ0n) is 11.5. The van der Waals surface area contributed by atoms with Gasteiger partial charge in [-0.1, -0.05) is 13.8 Å². The first-order chi connectivity index (χ1) is 8.82. The van der Waals surface area contributed by atoms with Gasteiger partial charge in [0.2, 0.25) is 0 Å². The van der Waals surface area contributed by atoms with Crippen molar-refractivity contribution < 1.29 is 13.2 Å². The summed E-state index contributed by atoms with van der Waals surface area (Å²) >= 11 is 0. The molecule has 0 aliphatic carbocycles. The highest BCUT2D eigenvalue weighted by atomic mass is 19.4. The van der Waals surface area contributed by atoms with Gasteiger partial charge in [-0.2, -0.15) is 18.4 Å². The molecule has 1 fully saturated rings. The minimum absolute atomic E-state index is 0.226. The summed E-state index contributed by atoms with van der Waals surface area (Å²) in [5.74, 6) is -1.61. The Balaban J connectivity index is 2.59. The molecule has 0 aromatic rings. The maximum atomic E-state index is 12.7. The lowest BCUT2D eigenvalue weighted by Gasteiger charge is -2.29. The normalized spacial score (nSPS) is 21.9. The standard InChI is InChI=1S/C13H22F3N3/c1-10(2)7-19(9-12-4-3-5-18-12)8-11(6-17)13(14,15)16/h10-12,18H,3-5,7-9H2,1-2H3. The van der Waals surface area contributed by atoms with Crippen molar-refractivity contribution in [2.24, 2.45) is 11.8 Å². The second kappa shape index (κ2) is 7.11. The quantitative estimate of drug-likeness (QED) is 0.810. The number of rotatable bonds is 6. The molecule has 0 spiro atoms. The first kappa shape index (κ1) is 16.3. The van der Waals surface area contributed by atoms with Gasteiger partial charge in [0, 0.05) is 25.7 Å². The minimum atomic E-state index is -4.44. The molecule has 6 heteroatoms. The van der Waals surface area contributed by atoms with Crippen LogP contribution in [0.2, 0.25) is 0 Å². The molecule has 1 N–H and O–H groups in total. The third-order valence-corrected chi connectivity index (χ3v) is 3.26. The highest BCUT2D eigenvalue weighted by Gasteiger charge is 2.41. The summed E-state index contributed by atoms with van der Waals surface area (Å²) in [6, 6.07) is 1.64. The van der Waals surface area contributed by atoms with Gasteiger partial charge in [0.25, 0.3) is 0 Å². The van der Waals surface area contributed by atoms with Crippen molar-refractivity contribution >= 4 is 0 Å². The van der Waals surface area contributed by atoms with Crippen LogP contribution < -0.4 is 5.32 Å². The monoisotopic (exact) mass is 277 g/mol. The average molecular weight is 277 g/mol. The maximum Gasteiger partial charge on any atom is 0.405 e. The van der Waals surface area contributed by atoms with Gasteiger partial charge in [-0.05, 0) is 25.3 Å². The molecule has 0 bridgehead atoms. The minimum Gasteiger partial charge on any atom is -0.313 e. The molecule has 1 rings (SSSR count). The van der Waals surface area contributed by atoms with E-state index in [1.807, 2.05) is 13.8 Å². The Morgan fingerprint density at radius 2 is 2.05 bits per heavy atom. The summed E-state index contributed by atoms with van der Waals surface area (Å²) in [5.41, 5.74) is 0. The number of nitrogens with zero attached hydrogens (tertiary/aromatic N) is 2. The van der Waals surface area contributed by atoms with Crippen molar-refractivity contribution in [2.75, 3.05) is 26.2 Å². The van der Waals surface area contributed by atoms with E-state index in [1.54, 1.807) is 4.90 Å². The van der Waals surface area contributed by atoms with Crippen LogP contribution in [0.4, 0.5) is 13.2 Å². The van der Waals surface area contributed by atoms with Crippen molar-refractivity contribution in [3.63, 3.8) is 0 Å². The molecule has 1 aliphatic rings. The van der Waals surface area contributed by atoms with Crippen LogP contribution in [0.1, 0.15) is 26.7 Å². The molecular formula is C13H22F3N3. The predicted octanol–water partition coefficient (Wildman–Crippen LogP) is 2.40. The second-order valence-corrected chi connectivity index (χ2v) is 5.63. The van der Waals surface area contributed by atoms with Crippen molar-refractivity contribution in [2.45, 2.75) is 38.9 Å². The highest BCUT2D eigenvalue weighted by molar-refractivity contribution is 4.91. The molecule has 2 atom stereocenters. The van der Waals surface area contributed by atoms with Crippen LogP contribution in [0, 0.1) is 23.2 Å². The van der Waals surface area contributed by atoms with Gasteiger partial charge in [-0.15, -0.1) is 0 Å². The first-order valence-corrected chi connectivity index (χ1v) is 6.75. The van der Waals surface area contributed by atoms with Gasteiger partial charge < -0.3 is 5.32 Å². The molecule has 0 radical (unpaired) electrons. The largest absolute Gasteiger partial charge is 0.405 e. The molecule has 0 amide bonds. The summed E-state index contributed by atoms with van der Waals surface area (Å²) in [6.07, 6.45) is -2.37. The van der Waals surface area contributed by atoms with Crippen molar-refractivity contribution in [3.8, 4) is 6.07 Å². The van der Waals surface area contributed by atoms with Crippen LogP contribution in [0.15, 0.2) is 0 Å². The fourth-order valence-corrected chi connectivity index (χ4v) is 2.44. The van der Waals surface area contributed by atoms with Crippen LogP contribution in [-0.2, 0) is 0 Å². The van der Waals surface area contributed by atoms with Gasteiger partial charge in [0.15, 0.2) is 5.92 Å². The summed E-state index contributed by atoms with van der Waals surface area (Å²) < 4.78 is 38.0. The van der Waals surface area contributed by atoms with Crippen LogP contribution >= 0.6 is 0 Å². The van der Waals surface area contributed by atoms with E-state index in [0.717, 1.165) is 19.4 Å². The van der Waals surface area contributed by atoms with E-state index in [4.69, 9.17) is 5.26 Å². The third kappa shape index (κ3) is 5.79. The molecular weight excluding hydrogens is 255 g/mol. The molecule has 0 aromatic carbocycles. The van der Waals surface area contributed by atoms with Crippen molar-refractivity contribution in [1.29, 1.82) is 5.26 Å². The molecule has 110 valence electrons. The number of hydrogen-bond acceptors (Lipinski definition) is 3.